The Balaban J connectivity index is 1.06. The lowest BCUT2D eigenvalue weighted by Crippen LogP contribution is -2.76. The molecule has 274 valence electrons. The normalized spacial score (nSPS) is 13.9. The molecule has 0 fully saturated rings. The predicted octanol–water partition coefficient (Wildman–Crippen LogP) is 10.0. The van der Waals surface area contributed by atoms with Crippen LogP contribution >= 0.6 is 11.8 Å². The molecule has 58 heavy (non-hydrogen) atoms. The van der Waals surface area contributed by atoms with Crippen LogP contribution in [0.4, 0.5) is 4.39 Å². The predicted molar refractivity (Wildman–Crippen MR) is 239 cm³/mol. The molecule has 0 N–H and O–H groups in total. The zero-order valence-electron chi connectivity index (χ0n) is 31.1. The molecule has 5 heterocycles. The van der Waals surface area contributed by atoms with Crippen molar-refractivity contribution in [1.82, 2.24) is 18.9 Å². The van der Waals surface area contributed by atoms with Crippen molar-refractivity contribution in [2.75, 3.05) is 0 Å². The van der Waals surface area contributed by atoms with E-state index in [2.05, 4.69) is 130 Å². The summed E-state index contributed by atoms with van der Waals surface area (Å²) in [6, 6.07) is 62.2. The first-order valence-corrected chi connectivity index (χ1v) is 22.3. The summed E-state index contributed by atoms with van der Waals surface area (Å²) in [5, 5.41) is 10.9. The molecule has 1 aliphatic heterocycles. The molecule has 0 saturated heterocycles. The van der Waals surface area contributed by atoms with Crippen LogP contribution in [-0.2, 0) is 0 Å². The summed E-state index contributed by atoms with van der Waals surface area (Å²) in [4.78, 5) is 12.3. The standard InChI is InChI=1S/C51H33FN4SSi/c52-48(34-24-25-38-39-19-7-8-21-42(39)55-30-29-54-50(55)41(38)32-34)33-13-11-14-35(31-33)56-43-26-27-46-49(47(43)40-20-12-28-53-51(40)56)57-44-22-9-10-23-45(44)58(46,36-15-3-1-4-16-36)37-17-5-2-6-18-37/h1-32,48H. The van der Waals surface area contributed by atoms with Gasteiger partial charge in [-0.05, 0) is 85.8 Å². The van der Waals surface area contributed by atoms with Crippen molar-refractivity contribution in [3.8, 4) is 5.69 Å². The van der Waals surface area contributed by atoms with Crippen LogP contribution in [0.3, 0.4) is 0 Å². The van der Waals surface area contributed by atoms with Gasteiger partial charge in [-0.3, -0.25) is 8.97 Å². The Labute approximate surface area is 338 Å². The van der Waals surface area contributed by atoms with Crippen molar-refractivity contribution < 1.29 is 4.39 Å². The molecule has 0 spiro atoms. The molecule has 1 unspecified atom stereocenters. The highest BCUT2D eigenvalue weighted by molar-refractivity contribution is 8.00. The second kappa shape index (κ2) is 12.9. The topological polar surface area (TPSA) is 35.1 Å². The number of halogens is 1. The Morgan fingerprint density at radius 1 is 0.517 bits per heavy atom. The smallest absolute Gasteiger partial charge is 0.181 e. The summed E-state index contributed by atoms with van der Waals surface area (Å²) < 4.78 is 21.3. The highest BCUT2D eigenvalue weighted by Gasteiger charge is 2.47. The molecule has 1 aliphatic rings. The van der Waals surface area contributed by atoms with Crippen LogP contribution in [0.25, 0.3) is 54.9 Å². The Bertz CT molecular complexity index is 3370. The fourth-order valence-electron chi connectivity index (χ4n) is 9.61. The maximum absolute atomic E-state index is 17.0. The first-order valence-electron chi connectivity index (χ1n) is 19.5. The number of aromatic nitrogens is 4. The first-order chi connectivity index (χ1) is 28.7. The highest BCUT2D eigenvalue weighted by Crippen LogP contribution is 2.43. The second-order valence-corrected chi connectivity index (χ2v) is 19.8. The van der Waals surface area contributed by atoms with Crippen molar-refractivity contribution in [2.24, 2.45) is 0 Å². The number of imidazole rings is 1. The van der Waals surface area contributed by atoms with Gasteiger partial charge in [0.05, 0.1) is 11.0 Å². The van der Waals surface area contributed by atoms with E-state index in [1.807, 2.05) is 84.9 Å². The van der Waals surface area contributed by atoms with Crippen LogP contribution < -0.4 is 20.7 Å². The molecule has 0 bridgehead atoms. The average Bonchev–Trinajstić information content (AvgIpc) is 3.93. The quantitative estimate of drug-likeness (QED) is 0.129. The molecule has 0 amide bonds. The minimum Gasteiger partial charge on any atom is -0.299 e. The number of rotatable bonds is 5. The summed E-state index contributed by atoms with van der Waals surface area (Å²) in [5.41, 5.74) is 5.86. The largest absolute Gasteiger partial charge is 0.299 e. The molecule has 4 aromatic heterocycles. The average molecular weight is 781 g/mol. The van der Waals surface area contributed by atoms with Gasteiger partial charge in [0.2, 0.25) is 0 Å². The van der Waals surface area contributed by atoms with E-state index >= 15 is 4.39 Å². The van der Waals surface area contributed by atoms with Crippen molar-refractivity contribution in [1.29, 1.82) is 0 Å². The summed E-state index contributed by atoms with van der Waals surface area (Å²) in [6.45, 7) is 0. The van der Waals surface area contributed by atoms with Gasteiger partial charge in [0.25, 0.3) is 0 Å². The third-order valence-electron chi connectivity index (χ3n) is 12.1. The molecule has 1 atom stereocenters. The molecule has 11 aromatic rings. The van der Waals surface area contributed by atoms with E-state index < -0.39 is 14.2 Å². The molecule has 0 radical (unpaired) electrons. The SMILES string of the molecule is FC(c1cccc(-n2c3ccc4c(c3c3cccnc32)Sc2ccccc2[Si]4(c2ccccc2)c2ccccc2)c1)c1ccc2c3ccccc3n3ccnc3c2c1. The van der Waals surface area contributed by atoms with Gasteiger partial charge in [-0.15, -0.1) is 0 Å². The summed E-state index contributed by atoms with van der Waals surface area (Å²) >= 11 is 1.86. The summed E-state index contributed by atoms with van der Waals surface area (Å²) in [7, 11) is -2.77. The third kappa shape index (κ3) is 4.68. The molecular formula is C51H33FN4SSi. The van der Waals surface area contributed by atoms with Crippen LogP contribution in [0.5, 0.6) is 0 Å². The van der Waals surface area contributed by atoms with E-state index in [1.165, 1.54) is 35.9 Å². The van der Waals surface area contributed by atoms with Gasteiger partial charge in [0.1, 0.15) is 11.3 Å². The van der Waals surface area contributed by atoms with E-state index in [-0.39, 0.29) is 0 Å². The van der Waals surface area contributed by atoms with Gasteiger partial charge in [-0.1, -0.05) is 139 Å². The van der Waals surface area contributed by atoms with Crippen LogP contribution in [0, 0.1) is 0 Å². The Morgan fingerprint density at radius 3 is 2.09 bits per heavy atom. The Kier molecular flexibility index (Phi) is 7.39. The van der Waals surface area contributed by atoms with Gasteiger partial charge in [-0.25, -0.2) is 14.4 Å². The number of hydrogen-bond acceptors (Lipinski definition) is 3. The second-order valence-electron chi connectivity index (χ2n) is 15.0. The molecule has 0 aliphatic carbocycles. The third-order valence-corrected chi connectivity index (χ3v) is 18.5. The lowest BCUT2D eigenvalue weighted by molar-refractivity contribution is 0.402. The number of pyridine rings is 2. The van der Waals surface area contributed by atoms with Crippen molar-refractivity contribution in [3.63, 3.8) is 0 Å². The number of benzene rings is 7. The summed E-state index contributed by atoms with van der Waals surface area (Å²) in [5.74, 6) is 0. The zero-order valence-corrected chi connectivity index (χ0v) is 32.9. The van der Waals surface area contributed by atoms with E-state index in [0.29, 0.717) is 11.1 Å². The highest BCUT2D eigenvalue weighted by atomic mass is 32.2. The number of hydrogen-bond donors (Lipinski definition) is 0. The summed E-state index contributed by atoms with van der Waals surface area (Å²) in [6.07, 6.45) is 4.29. The van der Waals surface area contributed by atoms with Crippen molar-refractivity contribution in [2.45, 2.75) is 16.0 Å². The van der Waals surface area contributed by atoms with Crippen LogP contribution in [-0.4, -0.2) is 27.0 Å². The Morgan fingerprint density at radius 2 is 1.24 bits per heavy atom. The molecule has 4 nitrogen and oxygen atoms in total. The Hall–Kier alpha value is -6.80. The van der Waals surface area contributed by atoms with Gasteiger partial charge >= 0.3 is 0 Å². The van der Waals surface area contributed by atoms with Crippen LogP contribution in [0.2, 0.25) is 0 Å². The fraction of sp³-hybridized carbons (Fsp3) is 0.0196. The number of fused-ring (bicyclic) bond motifs is 12. The number of alkyl halides is 1. The molecular weight excluding hydrogens is 748 g/mol. The van der Waals surface area contributed by atoms with Gasteiger partial charge in [0.15, 0.2) is 14.2 Å². The zero-order chi connectivity index (χ0) is 38.4. The maximum Gasteiger partial charge on any atom is 0.181 e. The maximum atomic E-state index is 17.0. The van der Waals surface area contributed by atoms with Crippen molar-refractivity contribution in [3.05, 3.63) is 206 Å². The van der Waals surface area contributed by atoms with Gasteiger partial charge in [0, 0.05) is 55.6 Å². The van der Waals surface area contributed by atoms with E-state index in [1.54, 1.807) is 0 Å². The molecule has 12 rings (SSSR count). The minimum absolute atomic E-state index is 0.587. The minimum atomic E-state index is -2.77. The van der Waals surface area contributed by atoms with E-state index in [9.17, 15) is 0 Å². The first kappa shape index (κ1) is 33.3. The van der Waals surface area contributed by atoms with Crippen LogP contribution in [0.1, 0.15) is 17.3 Å². The lowest BCUT2D eigenvalue weighted by Gasteiger charge is -2.40. The van der Waals surface area contributed by atoms with Gasteiger partial charge in [-0.2, -0.15) is 0 Å². The monoisotopic (exact) mass is 780 g/mol. The van der Waals surface area contributed by atoms with E-state index in [0.717, 1.165) is 49.6 Å². The molecule has 7 heteroatoms. The van der Waals surface area contributed by atoms with Gasteiger partial charge < -0.3 is 0 Å². The molecule has 0 saturated carbocycles. The lowest BCUT2D eigenvalue weighted by atomic mass is 9.98. The van der Waals surface area contributed by atoms with Crippen molar-refractivity contribution >= 4 is 89.8 Å². The fourth-order valence-corrected chi connectivity index (χ4v) is 16.7. The number of nitrogens with zero attached hydrogens (tertiary/aromatic N) is 4. The molecule has 7 aromatic carbocycles. The van der Waals surface area contributed by atoms with E-state index in [4.69, 9.17) is 9.97 Å². The number of para-hydroxylation sites is 1. The van der Waals surface area contributed by atoms with Crippen LogP contribution in [0.15, 0.2) is 204 Å².